The molecule has 2 aliphatic rings. The first-order chi connectivity index (χ1) is 17.0. The monoisotopic (exact) mass is 482 g/mol. The molecule has 3 aromatic rings. The van der Waals surface area contributed by atoms with Crippen molar-refractivity contribution in [3.8, 4) is 5.69 Å². The first-order valence-electron chi connectivity index (χ1n) is 11.7. The average Bonchev–Trinajstić information content (AvgIpc) is 3.23. The Balaban J connectivity index is 1.31. The number of carbonyl (C=O) groups excluding carboxylic acids is 1. The normalized spacial score (nSPS) is 17.7. The number of ether oxygens (including phenoxy) is 1. The smallest absolute Gasteiger partial charge is 0.271 e. The van der Waals surface area contributed by atoms with Crippen LogP contribution in [0.3, 0.4) is 0 Å². The molecule has 0 bridgehead atoms. The van der Waals surface area contributed by atoms with Crippen LogP contribution in [0.4, 0.5) is 10.1 Å². The van der Waals surface area contributed by atoms with Gasteiger partial charge in [0.15, 0.2) is 0 Å². The van der Waals surface area contributed by atoms with Gasteiger partial charge in [-0.2, -0.15) is 0 Å². The standard InChI is InChI=1S/C24H27FN6O4/c25-18-1-3-19(4-2-18)30-22-6-5-20(31(33)34)15-21(22)26-23(30)16-27-7-9-28(10-8-27)17-24(32)29-11-13-35-14-12-29/h1-6,15H,7-14,16-17H2. The third-order valence-electron chi connectivity index (χ3n) is 6.56. The summed E-state index contributed by atoms with van der Waals surface area (Å²) in [5.74, 6) is 0.532. The van der Waals surface area contributed by atoms with Crippen LogP contribution in [0.15, 0.2) is 42.5 Å². The molecule has 1 amide bonds. The highest BCUT2D eigenvalue weighted by Crippen LogP contribution is 2.26. The number of carbonyl (C=O) groups is 1. The van der Waals surface area contributed by atoms with Crippen LogP contribution in [0.25, 0.3) is 16.7 Å². The van der Waals surface area contributed by atoms with Gasteiger partial charge in [-0.1, -0.05) is 0 Å². The summed E-state index contributed by atoms with van der Waals surface area (Å²) in [6.07, 6.45) is 0. The van der Waals surface area contributed by atoms with E-state index < -0.39 is 4.92 Å². The number of imidazole rings is 1. The molecule has 184 valence electrons. The van der Waals surface area contributed by atoms with Crippen molar-refractivity contribution in [2.45, 2.75) is 6.54 Å². The zero-order valence-electron chi connectivity index (χ0n) is 19.3. The van der Waals surface area contributed by atoms with Crippen LogP contribution < -0.4 is 0 Å². The van der Waals surface area contributed by atoms with Crippen molar-refractivity contribution in [1.82, 2.24) is 24.3 Å². The molecule has 11 heteroatoms. The maximum absolute atomic E-state index is 13.6. The highest BCUT2D eigenvalue weighted by molar-refractivity contribution is 5.81. The Morgan fingerprint density at radius 2 is 1.69 bits per heavy atom. The molecule has 0 aliphatic carbocycles. The maximum Gasteiger partial charge on any atom is 0.271 e. The Bertz CT molecular complexity index is 1220. The summed E-state index contributed by atoms with van der Waals surface area (Å²) in [5, 5.41) is 11.3. The van der Waals surface area contributed by atoms with Crippen LogP contribution in [0.1, 0.15) is 5.82 Å². The summed E-state index contributed by atoms with van der Waals surface area (Å²) in [5.41, 5.74) is 1.97. The summed E-state index contributed by atoms with van der Waals surface area (Å²) < 4.78 is 20.8. The number of non-ortho nitro benzene ring substituents is 1. The van der Waals surface area contributed by atoms with Gasteiger partial charge in [0.1, 0.15) is 11.6 Å². The van der Waals surface area contributed by atoms with E-state index in [1.807, 2.05) is 9.47 Å². The lowest BCUT2D eigenvalue weighted by atomic mass is 10.2. The third kappa shape index (κ3) is 5.16. The van der Waals surface area contributed by atoms with E-state index in [4.69, 9.17) is 9.72 Å². The predicted octanol–water partition coefficient (Wildman–Crippen LogP) is 2.05. The van der Waals surface area contributed by atoms with Crippen LogP contribution >= 0.6 is 0 Å². The molecule has 35 heavy (non-hydrogen) atoms. The Labute approximate surface area is 201 Å². The van der Waals surface area contributed by atoms with E-state index in [0.717, 1.165) is 43.2 Å². The molecular weight excluding hydrogens is 455 g/mol. The highest BCUT2D eigenvalue weighted by Gasteiger charge is 2.25. The van der Waals surface area contributed by atoms with E-state index in [2.05, 4.69) is 9.80 Å². The number of benzene rings is 2. The second-order valence-corrected chi connectivity index (χ2v) is 8.82. The number of piperazine rings is 1. The van der Waals surface area contributed by atoms with Crippen molar-refractivity contribution in [2.24, 2.45) is 0 Å². The Morgan fingerprint density at radius 3 is 2.37 bits per heavy atom. The number of hydrogen-bond acceptors (Lipinski definition) is 7. The van der Waals surface area contributed by atoms with Crippen molar-refractivity contribution < 1.29 is 18.8 Å². The van der Waals surface area contributed by atoms with E-state index in [0.29, 0.717) is 44.9 Å². The zero-order valence-corrected chi connectivity index (χ0v) is 19.3. The number of amides is 1. The lowest BCUT2D eigenvalue weighted by molar-refractivity contribution is -0.384. The molecule has 5 rings (SSSR count). The molecule has 0 unspecified atom stereocenters. The van der Waals surface area contributed by atoms with Crippen molar-refractivity contribution >= 4 is 22.6 Å². The third-order valence-corrected chi connectivity index (χ3v) is 6.56. The molecule has 2 aromatic carbocycles. The Hall–Kier alpha value is -3.41. The minimum Gasteiger partial charge on any atom is -0.378 e. The number of nitro groups is 1. The van der Waals surface area contributed by atoms with Crippen molar-refractivity contribution in [3.63, 3.8) is 0 Å². The van der Waals surface area contributed by atoms with E-state index in [1.54, 1.807) is 18.2 Å². The molecule has 0 atom stereocenters. The molecule has 10 nitrogen and oxygen atoms in total. The van der Waals surface area contributed by atoms with Gasteiger partial charge in [-0.15, -0.1) is 0 Å². The van der Waals surface area contributed by atoms with Gasteiger partial charge in [0.05, 0.1) is 42.3 Å². The summed E-state index contributed by atoms with van der Waals surface area (Å²) in [4.78, 5) is 34.4. The Morgan fingerprint density at radius 1 is 1.00 bits per heavy atom. The molecule has 2 saturated heterocycles. The van der Waals surface area contributed by atoms with Crippen molar-refractivity contribution in [2.75, 3.05) is 59.0 Å². The molecule has 0 radical (unpaired) electrons. The number of hydrogen-bond donors (Lipinski definition) is 0. The molecular formula is C24H27FN6O4. The van der Waals surface area contributed by atoms with Crippen molar-refractivity contribution in [1.29, 1.82) is 0 Å². The van der Waals surface area contributed by atoms with Gasteiger partial charge in [-0.05, 0) is 30.3 Å². The first-order valence-corrected chi connectivity index (χ1v) is 11.7. The summed E-state index contributed by atoms with van der Waals surface area (Å²) in [6.45, 7) is 6.49. The predicted molar refractivity (Wildman–Crippen MR) is 127 cm³/mol. The SMILES string of the molecule is O=C(CN1CCN(Cc2nc3cc([N+](=O)[O-])ccc3n2-c2ccc(F)cc2)CC1)N1CCOCC1. The quantitative estimate of drug-likeness (QED) is 0.392. The van der Waals surface area contributed by atoms with E-state index >= 15 is 0 Å². The molecule has 0 saturated carbocycles. The van der Waals surface area contributed by atoms with E-state index in [9.17, 15) is 19.3 Å². The maximum atomic E-state index is 13.6. The summed E-state index contributed by atoms with van der Waals surface area (Å²) >= 11 is 0. The number of aromatic nitrogens is 2. The lowest BCUT2D eigenvalue weighted by Crippen LogP contribution is -2.51. The summed E-state index contributed by atoms with van der Waals surface area (Å²) in [7, 11) is 0. The fourth-order valence-electron chi connectivity index (χ4n) is 4.63. The molecule has 2 fully saturated rings. The molecule has 1 aromatic heterocycles. The molecule has 3 heterocycles. The fraction of sp³-hybridized carbons (Fsp3) is 0.417. The second kappa shape index (κ2) is 10.1. The zero-order chi connectivity index (χ0) is 24.4. The van der Waals surface area contributed by atoms with Crippen LogP contribution in [-0.4, -0.2) is 94.1 Å². The second-order valence-electron chi connectivity index (χ2n) is 8.82. The number of halogens is 1. The fourth-order valence-corrected chi connectivity index (χ4v) is 4.63. The number of rotatable bonds is 6. The van der Waals surface area contributed by atoms with Gasteiger partial charge in [0.25, 0.3) is 5.69 Å². The lowest BCUT2D eigenvalue weighted by Gasteiger charge is -2.35. The van der Waals surface area contributed by atoms with Gasteiger partial charge in [0, 0.05) is 57.1 Å². The molecule has 0 spiro atoms. The largest absolute Gasteiger partial charge is 0.378 e. The number of nitro benzene ring substituents is 1. The molecule has 2 aliphatic heterocycles. The molecule has 0 N–H and O–H groups in total. The van der Waals surface area contributed by atoms with Gasteiger partial charge in [-0.3, -0.25) is 29.3 Å². The van der Waals surface area contributed by atoms with Crippen molar-refractivity contribution in [3.05, 3.63) is 64.2 Å². The van der Waals surface area contributed by atoms with E-state index in [1.165, 1.54) is 24.3 Å². The minimum atomic E-state index is -0.437. The summed E-state index contributed by atoms with van der Waals surface area (Å²) in [6, 6.07) is 10.7. The van der Waals surface area contributed by atoms with Gasteiger partial charge in [0.2, 0.25) is 5.91 Å². The van der Waals surface area contributed by atoms with Gasteiger partial charge in [-0.25, -0.2) is 9.37 Å². The van der Waals surface area contributed by atoms with Crippen LogP contribution in [0, 0.1) is 15.9 Å². The van der Waals surface area contributed by atoms with Crippen LogP contribution in [-0.2, 0) is 16.1 Å². The van der Waals surface area contributed by atoms with Crippen LogP contribution in [0.5, 0.6) is 0 Å². The van der Waals surface area contributed by atoms with Crippen LogP contribution in [0.2, 0.25) is 0 Å². The topological polar surface area (TPSA) is 97.0 Å². The number of morpholine rings is 1. The Kier molecular flexibility index (Phi) is 6.71. The number of fused-ring (bicyclic) bond motifs is 1. The first kappa shape index (κ1) is 23.3. The average molecular weight is 483 g/mol. The van der Waals surface area contributed by atoms with E-state index in [-0.39, 0.29) is 17.4 Å². The van der Waals surface area contributed by atoms with Gasteiger partial charge >= 0.3 is 0 Å². The minimum absolute atomic E-state index is 0.0219. The van der Waals surface area contributed by atoms with Gasteiger partial charge < -0.3 is 9.64 Å². The number of nitrogens with zero attached hydrogens (tertiary/aromatic N) is 6. The highest BCUT2D eigenvalue weighted by atomic mass is 19.1.